The fourth-order valence-corrected chi connectivity index (χ4v) is 1.38. The molecule has 0 aliphatic heterocycles. The van der Waals surface area contributed by atoms with Crippen LogP contribution in [0.5, 0.6) is 0 Å². The van der Waals surface area contributed by atoms with E-state index in [1.807, 2.05) is 12.1 Å². The molecule has 0 aliphatic rings. The highest BCUT2D eigenvalue weighted by molar-refractivity contribution is 5.76. The van der Waals surface area contributed by atoms with E-state index in [1.165, 1.54) is 0 Å². The van der Waals surface area contributed by atoms with Gasteiger partial charge in [-0.3, -0.25) is 9.78 Å². The van der Waals surface area contributed by atoms with Crippen molar-refractivity contribution in [3.8, 4) is 0 Å². The molecule has 0 unspecified atom stereocenters. The summed E-state index contributed by atoms with van der Waals surface area (Å²) in [5, 5.41) is 6.11. The Hall–Kier alpha value is -1.42. The Labute approximate surface area is 103 Å². The first-order valence-corrected chi connectivity index (χ1v) is 6.05. The van der Waals surface area contributed by atoms with Crippen molar-refractivity contribution in [2.75, 3.05) is 13.1 Å². The number of carbonyl (C=O) groups is 1. The zero-order valence-corrected chi connectivity index (χ0v) is 10.6. The van der Waals surface area contributed by atoms with E-state index in [-0.39, 0.29) is 5.91 Å². The van der Waals surface area contributed by atoms with Gasteiger partial charge < -0.3 is 10.6 Å². The first-order valence-electron chi connectivity index (χ1n) is 6.05. The molecule has 0 fully saturated rings. The quantitative estimate of drug-likeness (QED) is 0.701. The van der Waals surface area contributed by atoms with Gasteiger partial charge in [-0.15, -0.1) is 0 Å². The fourth-order valence-electron chi connectivity index (χ4n) is 1.38. The van der Waals surface area contributed by atoms with Gasteiger partial charge in [0.2, 0.25) is 5.91 Å². The van der Waals surface area contributed by atoms with Crippen molar-refractivity contribution in [2.24, 2.45) is 5.92 Å². The minimum absolute atomic E-state index is 0.0742. The van der Waals surface area contributed by atoms with Gasteiger partial charge >= 0.3 is 0 Å². The summed E-state index contributed by atoms with van der Waals surface area (Å²) in [6.45, 7) is 6.54. The first kappa shape index (κ1) is 13.6. The second-order valence-electron chi connectivity index (χ2n) is 4.49. The molecule has 0 spiro atoms. The lowest BCUT2D eigenvalue weighted by molar-refractivity contribution is -0.121. The first-order chi connectivity index (χ1) is 8.18. The number of amides is 1. The van der Waals surface area contributed by atoms with Gasteiger partial charge in [0.1, 0.15) is 0 Å². The van der Waals surface area contributed by atoms with E-state index in [2.05, 4.69) is 29.5 Å². The molecule has 4 nitrogen and oxygen atoms in total. The molecule has 1 heterocycles. The summed E-state index contributed by atoms with van der Waals surface area (Å²) in [6, 6.07) is 3.82. The van der Waals surface area contributed by atoms with Crippen molar-refractivity contribution in [1.29, 1.82) is 0 Å². The van der Waals surface area contributed by atoms with Crippen LogP contribution in [0.15, 0.2) is 24.5 Å². The van der Waals surface area contributed by atoms with Gasteiger partial charge in [-0.25, -0.2) is 0 Å². The molecule has 0 aromatic carbocycles. The number of nitrogens with zero attached hydrogens (tertiary/aromatic N) is 1. The lowest BCUT2D eigenvalue weighted by Crippen LogP contribution is -2.28. The van der Waals surface area contributed by atoms with Crippen LogP contribution in [0, 0.1) is 5.92 Å². The average Bonchev–Trinajstić information content (AvgIpc) is 2.33. The van der Waals surface area contributed by atoms with Crippen molar-refractivity contribution >= 4 is 5.91 Å². The normalized spacial score (nSPS) is 10.5. The Morgan fingerprint density at radius 1 is 1.47 bits per heavy atom. The predicted molar refractivity (Wildman–Crippen MR) is 68.4 cm³/mol. The number of aromatic nitrogens is 1. The van der Waals surface area contributed by atoms with Crippen LogP contribution in [-0.2, 0) is 11.3 Å². The van der Waals surface area contributed by atoms with Gasteiger partial charge in [-0.05, 0) is 24.1 Å². The number of rotatable bonds is 7. The number of hydrogen-bond acceptors (Lipinski definition) is 3. The second-order valence-corrected chi connectivity index (χ2v) is 4.49. The lowest BCUT2D eigenvalue weighted by Gasteiger charge is -2.08. The Kier molecular flexibility index (Phi) is 6.25. The molecule has 0 atom stereocenters. The SMILES string of the molecule is CC(C)CNCCC(=O)NCc1cccnc1. The molecule has 17 heavy (non-hydrogen) atoms. The minimum atomic E-state index is 0.0742. The maximum absolute atomic E-state index is 11.5. The Morgan fingerprint density at radius 3 is 2.94 bits per heavy atom. The third-order valence-electron chi connectivity index (χ3n) is 2.29. The summed E-state index contributed by atoms with van der Waals surface area (Å²) in [5.74, 6) is 0.693. The smallest absolute Gasteiger partial charge is 0.221 e. The van der Waals surface area contributed by atoms with Crippen LogP contribution < -0.4 is 10.6 Å². The number of hydrogen-bond donors (Lipinski definition) is 2. The summed E-state index contributed by atoms with van der Waals surface area (Å²) >= 11 is 0. The van der Waals surface area contributed by atoms with Gasteiger partial charge in [0, 0.05) is 31.9 Å². The Morgan fingerprint density at radius 2 is 2.29 bits per heavy atom. The van der Waals surface area contributed by atoms with E-state index >= 15 is 0 Å². The van der Waals surface area contributed by atoms with Gasteiger partial charge in [-0.2, -0.15) is 0 Å². The monoisotopic (exact) mass is 235 g/mol. The van der Waals surface area contributed by atoms with Crippen LogP contribution in [0.2, 0.25) is 0 Å². The molecule has 0 radical (unpaired) electrons. The summed E-state index contributed by atoms with van der Waals surface area (Å²) in [7, 11) is 0. The molecule has 94 valence electrons. The molecule has 0 saturated carbocycles. The zero-order chi connectivity index (χ0) is 12.5. The van der Waals surface area contributed by atoms with Crippen LogP contribution >= 0.6 is 0 Å². The van der Waals surface area contributed by atoms with Crippen LogP contribution in [0.4, 0.5) is 0 Å². The standard InChI is InChI=1S/C13H21N3O/c1-11(2)8-15-7-5-13(17)16-10-12-4-3-6-14-9-12/h3-4,6,9,11,15H,5,7-8,10H2,1-2H3,(H,16,17). The minimum Gasteiger partial charge on any atom is -0.352 e. The van der Waals surface area contributed by atoms with Crippen molar-refractivity contribution < 1.29 is 4.79 Å². The van der Waals surface area contributed by atoms with Crippen LogP contribution in [0.3, 0.4) is 0 Å². The van der Waals surface area contributed by atoms with Crippen molar-refractivity contribution in [1.82, 2.24) is 15.6 Å². The molecular weight excluding hydrogens is 214 g/mol. The third-order valence-corrected chi connectivity index (χ3v) is 2.29. The average molecular weight is 235 g/mol. The summed E-state index contributed by atoms with van der Waals surface area (Å²) in [4.78, 5) is 15.5. The molecule has 2 N–H and O–H groups in total. The van der Waals surface area contributed by atoms with Crippen LogP contribution in [0.25, 0.3) is 0 Å². The molecule has 4 heteroatoms. The number of nitrogens with one attached hydrogen (secondary N) is 2. The summed E-state index contributed by atoms with van der Waals surface area (Å²) in [6.07, 6.45) is 4.01. The van der Waals surface area contributed by atoms with Crippen molar-refractivity contribution in [3.05, 3.63) is 30.1 Å². The molecule has 0 aliphatic carbocycles. The molecule has 1 aromatic rings. The van der Waals surface area contributed by atoms with Crippen molar-refractivity contribution in [2.45, 2.75) is 26.8 Å². The van der Waals surface area contributed by atoms with E-state index in [1.54, 1.807) is 12.4 Å². The van der Waals surface area contributed by atoms with E-state index in [9.17, 15) is 4.79 Å². The van der Waals surface area contributed by atoms with Gasteiger partial charge in [0.25, 0.3) is 0 Å². The third kappa shape index (κ3) is 6.68. The molecule has 1 aromatic heterocycles. The molecular formula is C13H21N3O. The van der Waals surface area contributed by atoms with E-state index in [4.69, 9.17) is 0 Å². The zero-order valence-electron chi connectivity index (χ0n) is 10.6. The topological polar surface area (TPSA) is 54.0 Å². The molecule has 1 amide bonds. The van der Waals surface area contributed by atoms with E-state index < -0.39 is 0 Å². The fraction of sp³-hybridized carbons (Fsp3) is 0.538. The Balaban J connectivity index is 2.09. The van der Waals surface area contributed by atoms with E-state index in [0.29, 0.717) is 18.9 Å². The number of pyridine rings is 1. The van der Waals surface area contributed by atoms with Gasteiger partial charge in [-0.1, -0.05) is 19.9 Å². The Bertz CT molecular complexity index is 325. The highest BCUT2D eigenvalue weighted by Crippen LogP contribution is 1.94. The predicted octanol–water partition coefficient (Wildman–Crippen LogP) is 1.33. The van der Waals surface area contributed by atoms with Gasteiger partial charge in [0.05, 0.1) is 0 Å². The van der Waals surface area contributed by atoms with Crippen LogP contribution in [-0.4, -0.2) is 24.0 Å². The maximum Gasteiger partial charge on any atom is 0.221 e. The highest BCUT2D eigenvalue weighted by Gasteiger charge is 2.01. The largest absolute Gasteiger partial charge is 0.352 e. The second kappa shape index (κ2) is 7.79. The van der Waals surface area contributed by atoms with Crippen molar-refractivity contribution in [3.63, 3.8) is 0 Å². The number of carbonyl (C=O) groups excluding carboxylic acids is 1. The maximum atomic E-state index is 11.5. The summed E-state index contributed by atoms with van der Waals surface area (Å²) < 4.78 is 0. The van der Waals surface area contributed by atoms with Crippen LogP contribution in [0.1, 0.15) is 25.8 Å². The van der Waals surface area contributed by atoms with E-state index in [0.717, 1.165) is 18.7 Å². The van der Waals surface area contributed by atoms with Gasteiger partial charge in [0.15, 0.2) is 0 Å². The summed E-state index contributed by atoms with van der Waals surface area (Å²) in [5.41, 5.74) is 1.02. The highest BCUT2D eigenvalue weighted by atomic mass is 16.1. The molecule has 0 saturated heterocycles. The lowest BCUT2D eigenvalue weighted by atomic mass is 10.2. The molecule has 1 rings (SSSR count). The molecule has 0 bridgehead atoms.